The van der Waals surface area contributed by atoms with Gasteiger partial charge in [-0.05, 0) is 96.2 Å². The van der Waals surface area contributed by atoms with Crippen LogP contribution in [0.1, 0.15) is 50.5 Å². The Morgan fingerprint density at radius 3 is 2.12 bits per heavy atom. The first kappa shape index (κ1) is 27.3. The molecule has 1 N–H and O–H groups in total. The van der Waals surface area contributed by atoms with Crippen LogP contribution in [0.15, 0.2) is 72.3 Å². The van der Waals surface area contributed by atoms with Crippen LogP contribution in [0.25, 0.3) is 11.1 Å². The van der Waals surface area contributed by atoms with Crippen molar-refractivity contribution in [2.45, 2.75) is 62.6 Å². The molecule has 8 heteroatoms. The number of benzene rings is 2. The van der Waals surface area contributed by atoms with Crippen LogP contribution in [-0.4, -0.2) is 28.6 Å². The molecule has 4 aliphatic carbocycles. The number of hydrogen-bond acceptors (Lipinski definition) is 2. The smallest absolute Gasteiger partial charge is 0.378 e. The fourth-order valence-corrected chi connectivity index (χ4v) is 8.37. The lowest BCUT2D eigenvalue weighted by Gasteiger charge is -2.59. The van der Waals surface area contributed by atoms with Crippen molar-refractivity contribution in [3.63, 3.8) is 0 Å². The average molecular weight is 561 g/mol. The van der Waals surface area contributed by atoms with E-state index >= 15 is 8.78 Å². The highest BCUT2D eigenvalue weighted by Gasteiger charge is 2.78. The first-order valence-corrected chi connectivity index (χ1v) is 13.7. The molecular weight excluding hydrogens is 530 g/mol. The van der Waals surface area contributed by atoms with Crippen molar-refractivity contribution >= 4 is 5.78 Å². The van der Waals surface area contributed by atoms with Crippen LogP contribution in [0, 0.1) is 34.9 Å². The molecular formula is C32H30F6O2. The molecule has 0 amide bonds. The van der Waals surface area contributed by atoms with E-state index in [4.69, 9.17) is 0 Å². The number of rotatable bonds is 3. The highest BCUT2D eigenvalue weighted by molar-refractivity contribution is 5.91. The van der Waals surface area contributed by atoms with E-state index < -0.39 is 35.0 Å². The standard InChI is InChI=1S/C32H30F6O2/c1-29-17-26(20-4-2-18(3-5-20)19-6-9-22(33)10-7-19)28-24-13-11-23(39)16-21(24)8-12-25(28)27(29)14-15-30(29,40)31(34,35)32(36,37)38/h2-7,9-10,14-16,24-28,40H,8,11-13,17H2,1H3/t24-,25-,26+,27-,28+,29-,30-/m0/s1. The number of alkyl halides is 5. The van der Waals surface area contributed by atoms with E-state index in [1.807, 2.05) is 24.3 Å². The van der Waals surface area contributed by atoms with E-state index in [0.717, 1.165) is 22.3 Å². The maximum absolute atomic E-state index is 15.1. The van der Waals surface area contributed by atoms with E-state index in [1.54, 1.807) is 18.2 Å². The van der Waals surface area contributed by atoms with Gasteiger partial charge in [-0.2, -0.15) is 22.0 Å². The van der Waals surface area contributed by atoms with Crippen molar-refractivity contribution in [3.05, 3.63) is 83.7 Å². The molecule has 2 aromatic carbocycles. The van der Waals surface area contributed by atoms with Gasteiger partial charge in [-0.3, -0.25) is 4.79 Å². The van der Waals surface area contributed by atoms with Gasteiger partial charge in [0.15, 0.2) is 11.4 Å². The minimum Gasteiger partial charge on any atom is -0.378 e. The molecule has 40 heavy (non-hydrogen) atoms. The maximum atomic E-state index is 15.1. The summed E-state index contributed by atoms with van der Waals surface area (Å²) in [4.78, 5) is 12.2. The molecule has 2 nitrogen and oxygen atoms in total. The van der Waals surface area contributed by atoms with Gasteiger partial charge < -0.3 is 5.11 Å². The lowest BCUT2D eigenvalue weighted by Crippen LogP contribution is -2.66. The second kappa shape index (κ2) is 9.07. The Kier molecular flexibility index (Phi) is 6.19. The Morgan fingerprint density at radius 1 is 0.875 bits per heavy atom. The second-order valence-corrected chi connectivity index (χ2v) is 12.2. The molecule has 0 heterocycles. The third kappa shape index (κ3) is 3.85. The summed E-state index contributed by atoms with van der Waals surface area (Å²) in [5.74, 6) is -6.99. The summed E-state index contributed by atoms with van der Waals surface area (Å²) >= 11 is 0. The molecule has 0 unspecified atom stereocenters. The van der Waals surface area contributed by atoms with Crippen molar-refractivity contribution in [1.29, 1.82) is 0 Å². The summed E-state index contributed by atoms with van der Waals surface area (Å²) in [6.45, 7) is 1.38. The predicted molar refractivity (Wildman–Crippen MR) is 138 cm³/mol. The maximum Gasteiger partial charge on any atom is 0.456 e. The minimum absolute atomic E-state index is 0.0213. The lowest BCUT2D eigenvalue weighted by atomic mass is 9.46. The Morgan fingerprint density at radius 2 is 1.50 bits per heavy atom. The van der Waals surface area contributed by atoms with Gasteiger partial charge in [0, 0.05) is 11.8 Å². The van der Waals surface area contributed by atoms with Gasteiger partial charge in [-0.15, -0.1) is 0 Å². The summed E-state index contributed by atoms with van der Waals surface area (Å²) in [5, 5.41) is 11.3. The van der Waals surface area contributed by atoms with Crippen LogP contribution in [0.5, 0.6) is 0 Å². The Bertz CT molecular complexity index is 1380. The summed E-state index contributed by atoms with van der Waals surface area (Å²) in [6.07, 6.45) is -0.0586. The van der Waals surface area contributed by atoms with Crippen molar-refractivity contribution in [2.75, 3.05) is 0 Å². The highest BCUT2D eigenvalue weighted by Crippen LogP contribution is 2.69. The van der Waals surface area contributed by atoms with E-state index in [-0.39, 0.29) is 35.8 Å². The summed E-state index contributed by atoms with van der Waals surface area (Å²) in [6, 6.07) is 13.4. The van der Waals surface area contributed by atoms with Gasteiger partial charge in [0.2, 0.25) is 0 Å². The summed E-state index contributed by atoms with van der Waals surface area (Å²) in [7, 11) is 0. The molecule has 0 spiro atoms. The molecule has 2 saturated carbocycles. The zero-order valence-corrected chi connectivity index (χ0v) is 21.9. The number of allylic oxidation sites excluding steroid dienone is 3. The van der Waals surface area contributed by atoms with Crippen LogP contribution in [-0.2, 0) is 4.79 Å². The Labute approximate surface area is 228 Å². The number of aliphatic hydroxyl groups is 1. The molecule has 2 aromatic rings. The number of hydrogen-bond donors (Lipinski definition) is 1. The van der Waals surface area contributed by atoms with Gasteiger partial charge >= 0.3 is 12.1 Å². The number of carbonyl (C=O) groups excluding carboxylic acids is 1. The van der Waals surface area contributed by atoms with Crippen LogP contribution >= 0.6 is 0 Å². The quantitative estimate of drug-likeness (QED) is 0.305. The highest BCUT2D eigenvalue weighted by atomic mass is 19.4. The van der Waals surface area contributed by atoms with E-state index in [9.17, 15) is 27.5 Å². The predicted octanol–water partition coefficient (Wildman–Crippen LogP) is 8.03. The molecule has 0 aliphatic heterocycles. The molecule has 0 saturated heterocycles. The van der Waals surface area contributed by atoms with Crippen molar-refractivity contribution in [3.8, 4) is 11.1 Å². The van der Waals surface area contributed by atoms with Gasteiger partial charge in [0.25, 0.3) is 0 Å². The zero-order chi connectivity index (χ0) is 28.7. The topological polar surface area (TPSA) is 37.3 Å². The van der Waals surface area contributed by atoms with Crippen LogP contribution in [0.2, 0.25) is 0 Å². The molecule has 6 rings (SSSR count). The van der Waals surface area contributed by atoms with Crippen molar-refractivity contribution in [1.82, 2.24) is 0 Å². The molecule has 0 aromatic heterocycles. The fraction of sp³-hybridized carbons (Fsp3) is 0.469. The van der Waals surface area contributed by atoms with Crippen LogP contribution < -0.4 is 0 Å². The van der Waals surface area contributed by atoms with Crippen LogP contribution in [0.3, 0.4) is 0 Å². The van der Waals surface area contributed by atoms with Crippen LogP contribution in [0.4, 0.5) is 26.3 Å². The fourth-order valence-electron chi connectivity index (χ4n) is 8.37. The first-order chi connectivity index (χ1) is 18.8. The second-order valence-electron chi connectivity index (χ2n) is 12.2. The molecule has 0 bridgehead atoms. The number of carbonyl (C=O) groups is 1. The average Bonchev–Trinajstić information content (AvgIpc) is 3.19. The van der Waals surface area contributed by atoms with Gasteiger partial charge in [-0.25, -0.2) is 4.39 Å². The Balaban J connectivity index is 1.44. The zero-order valence-electron chi connectivity index (χ0n) is 21.9. The minimum atomic E-state index is -5.92. The van der Waals surface area contributed by atoms with E-state index in [2.05, 4.69) is 0 Å². The third-order valence-corrected chi connectivity index (χ3v) is 10.3. The molecule has 0 radical (unpaired) electrons. The first-order valence-electron chi connectivity index (χ1n) is 13.7. The largest absolute Gasteiger partial charge is 0.456 e. The number of fused-ring (bicyclic) bond motifs is 5. The monoisotopic (exact) mass is 560 g/mol. The van der Waals surface area contributed by atoms with Crippen molar-refractivity contribution < 1.29 is 36.2 Å². The molecule has 4 aliphatic rings. The number of ketones is 1. The van der Waals surface area contributed by atoms with Gasteiger partial charge in [0.05, 0.1) is 0 Å². The summed E-state index contributed by atoms with van der Waals surface area (Å²) in [5.41, 5.74) is -1.72. The normalized spacial score (nSPS) is 35.5. The number of halogens is 6. The SMILES string of the molecule is C[C@]12C[C@H](c3ccc(-c4ccc(F)cc4)cc3)[C@H]3[C@@H](CCC4=CC(=O)CC[C@@H]43)[C@@H]1C=C[C@@]2(O)C(F)(F)C(F)(F)F. The van der Waals surface area contributed by atoms with Gasteiger partial charge in [-0.1, -0.05) is 55.0 Å². The molecule has 7 atom stereocenters. The lowest BCUT2D eigenvalue weighted by molar-refractivity contribution is -0.354. The van der Waals surface area contributed by atoms with Crippen molar-refractivity contribution in [2.24, 2.45) is 29.1 Å². The molecule has 212 valence electrons. The van der Waals surface area contributed by atoms with E-state index in [0.29, 0.717) is 31.8 Å². The molecule has 2 fully saturated rings. The van der Waals surface area contributed by atoms with E-state index in [1.165, 1.54) is 25.1 Å². The Hall–Kier alpha value is -2.87. The van der Waals surface area contributed by atoms with Gasteiger partial charge in [0.1, 0.15) is 5.82 Å². The summed E-state index contributed by atoms with van der Waals surface area (Å²) < 4.78 is 84.6. The third-order valence-electron chi connectivity index (χ3n) is 10.3.